The topological polar surface area (TPSA) is 59.9 Å². The average Bonchev–Trinajstić information content (AvgIpc) is 2.55. The molecule has 1 N–H and O–H groups in total. The number of hydrogen-bond acceptors (Lipinski definition) is 4. The zero-order valence-corrected chi connectivity index (χ0v) is 12.2. The van der Waals surface area contributed by atoms with Crippen LogP contribution in [0, 0.1) is 5.82 Å². The summed E-state index contributed by atoms with van der Waals surface area (Å²) < 4.78 is 19.3. The van der Waals surface area contributed by atoms with E-state index < -0.39 is 11.7 Å². The zero-order chi connectivity index (χ0) is 15.9. The lowest BCUT2D eigenvalue weighted by atomic mass is 10.1. The summed E-state index contributed by atoms with van der Waals surface area (Å²) in [5, 5.41) is 6.10. The van der Waals surface area contributed by atoms with Gasteiger partial charge in [-0.15, -0.1) is 0 Å². The van der Waals surface area contributed by atoms with Crippen LogP contribution in [0.3, 0.4) is 0 Å². The van der Waals surface area contributed by atoms with Gasteiger partial charge < -0.3 is 14.9 Å². The molecule has 5 nitrogen and oxygen atoms in total. The van der Waals surface area contributed by atoms with E-state index in [0.29, 0.717) is 11.5 Å². The number of carbonyl (C=O) groups is 1. The SMILES string of the molecule is CNC(=O)/C(=N/OC)c1cc(F)ccc1Oc1ccccc1. The second kappa shape index (κ2) is 7.21. The number of amides is 1. The third-order valence-corrected chi connectivity index (χ3v) is 2.79. The van der Waals surface area contributed by atoms with Crippen LogP contribution in [0.2, 0.25) is 0 Å². The Kier molecular flexibility index (Phi) is 5.08. The zero-order valence-electron chi connectivity index (χ0n) is 12.2. The van der Waals surface area contributed by atoms with Crippen molar-refractivity contribution in [3.63, 3.8) is 0 Å². The van der Waals surface area contributed by atoms with Gasteiger partial charge in [-0.25, -0.2) is 4.39 Å². The fraction of sp³-hybridized carbons (Fsp3) is 0.125. The van der Waals surface area contributed by atoms with E-state index in [1.165, 1.54) is 32.4 Å². The Labute approximate surface area is 127 Å². The summed E-state index contributed by atoms with van der Waals surface area (Å²) in [4.78, 5) is 16.6. The molecule has 22 heavy (non-hydrogen) atoms. The first-order valence-electron chi connectivity index (χ1n) is 6.51. The lowest BCUT2D eigenvalue weighted by molar-refractivity contribution is -0.114. The number of nitrogens with zero attached hydrogens (tertiary/aromatic N) is 1. The number of nitrogens with one attached hydrogen (secondary N) is 1. The maximum absolute atomic E-state index is 13.6. The normalized spacial score (nSPS) is 11.0. The summed E-state index contributed by atoms with van der Waals surface area (Å²) >= 11 is 0. The molecular formula is C16H15FN2O3. The van der Waals surface area contributed by atoms with Crippen molar-refractivity contribution in [2.75, 3.05) is 14.2 Å². The molecule has 6 heteroatoms. The van der Waals surface area contributed by atoms with Gasteiger partial charge in [0, 0.05) is 7.05 Å². The second-order valence-electron chi connectivity index (χ2n) is 4.26. The van der Waals surface area contributed by atoms with E-state index in [4.69, 9.17) is 4.74 Å². The molecule has 0 radical (unpaired) electrons. The van der Waals surface area contributed by atoms with Crippen LogP contribution in [-0.2, 0) is 9.63 Å². The van der Waals surface area contributed by atoms with Crippen LogP contribution in [0.5, 0.6) is 11.5 Å². The van der Waals surface area contributed by atoms with E-state index >= 15 is 0 Å². The molecule has 114 valence electrons. The first kappa shape index (κ1) is 15.5. The third kappa shape index (κ3) is 3.60. The number of halogens is 1. The van der Waals surface area contributed by atoms with E-state index in [2.05, 4.69) is 15.3 Å². The van der Waals surface area contributed by atoms with Gasteiger partial charge in [-0.2, -0.15) is 0 Å². The van der Waals surface area contributed by atoms with E-state index in [-0.39, 0.29) is 11.3 Å². The van der Waals surface area contributed by atoms with Gasteiger partial charge in [-0.3, -0.25) is 4.79 Å². The van der Waals surface area contributed by atoms with Crippen LogP contribution in [0.25, 0.3) is 0 Å². The standard InChI is InChI=1S/C16H15FN2O3/c1-18-16(20)15(19-21-2)13-10-11(17)8-9-14(13)22-12-6-4-3-5-7-12/h3-10H,1-2H3,(H,18,20)/b19-15+. The molecule has 0 aliphatic carbocycles. The number of para-hydroxylation sites is 1. The summed E-state index contributed by atoms with van der Waals surface area (Å²) in [6.07, 6.45) is 0. The Morgan fingerprint density at radius 1 is 1.18 bits per heavy atom. The molecule has 2 aromatic carbocycles. The lowest BCUT2D eigenvalue weighted by Gasteiger charge is -2.12. The Balaban J connectivity index is 2.47. The van der Waals surface area contributed by atoms with Crippen molar-refractivity contribution in [3.05, 3.63) is 59.9 Å². The number of likely N-dealkylation sites (N-methyl/N-ethyl adjacent to an activating group) is 1. The van der Waals surface area contributed by atoms with Crippen LogP contribution in [0.4, 0.5) is 4.39 Å². The first-order valence-corrected chi connectivity index (χ1v) is 6.51. The Bertz CT molecular complexity index is 687. The molecule has 0 aromatic heterocycles. The lowest BCUT2D eigenvalue weighted by Crippen LogP contribution is -2.29. The summed E-state index contributed by atoms with van der Waals surface area (Å²) in [6.45, 7) is 0. The number of ether oxygens (including phenoxy) is 1. The van der Waals surface area contributed by atoms with Crippen LogP contribution in [-0.4, -0.2) is 25.8 Å². The minimum atomic E-state index is -0.511. The number of benzene rings is 2. The minimum Gasteiger partial charge on any atom is -0.457 e. The fourth-order valence-electron chi connectivity index (χ4n) is 1.81. The molecule has 0 saturated heterocycles. The van der Waals surface area contributed by atoms with E-state index in [1.807, 2.05) is 6.07 Å². The highest BCUT2D eigenvalue weighted by Gasteiger charge is 2.20. The van der Waals surface area contributed by atoms with Crippen molar-refractivity contribution < 1.29 is 18.8 Å². The second-order valence-corrected chi connectivity index (χ2v) is 4.26. The quantitative estimate of drug-likeness (QED) is 0.682. The first-order chi connectivity index (χ1) is 10.7. The smallest absolute Gasteiger partial charge is 0.273 e. The van der Waals surface area contributed by atoms with Crippen LogP contribution < -0.4 is 10.1 Å². The minimum absolute atomic E-state index is 0.0737. The van der Waals surface area contributed by atoms with Crippen molar-refractivity contribution in [1.29, 1.82) is 0 Å². The Morgan fingerprint density at radius 3 is 2.55 bits per heavy atom. The van der Waals surface area contributed by atoms with Gasteiger partial charge in [0.1, 0.15) is 24.4 Å². The van der Waals surface area contributed by atoms with Crippen molar-refractivity contribution in [2.24, 2.45) is 5.16 Å². The number of rotatable bonds is 5. The maximum atomic E-state index is 13.6. The third-order valence-electron chi connectivity index (χ3n) is 2.79. The van der Waals surface area contributed by atoms with Crippen LogP contribution in [0.15, 0.2) is 53.7 Å². The van der Waals surface area contributed by atoms with Gasteiger partial charge in [-0.05, 0) is 30.3 Å². The molecule has 0 aliphatic heterocycles. The van der Waals surface area contributed by atoms with Gasteiger partial charge >= 0.3 is 0 Å². The van der Waals surface area contributed by atoms with Gasteiger partial charge in [0.15, 0.2) is 5.71 Å². The van der Waals surface area contributed by atoms with Gasteiger partial charge in [0.2, 0.25) is 0 Å². The van der Waals surface area contributed by atoms with E-state index in [9.17, 15) is 9.18 Å². The summed E-state index contributed by atoms with van der Waals surface area (Å²) in [5.41, 5.74) is 0.125. The summed E-state index contributed by atoms with van der Waals surface area (Å²) in [7, 11) is 2.75. The number of hydrogen-bond donors (Lipinski definition) is 1. The van der Waals surface area contributed by atoms with Crippen molar-refractivity contribution >= 4 is 11.6 Å². The molecule has 0 unspecified atom stereocenters. The molecule has 0 aliphatic rings. The Morgan fingerprint density at radius 2 is 1.91 bits per heavy atom. The largest absolute Gasteiger partial charge is 0.457 e. The van der Waals surface area contributed by atoms with Crippen molar-refractivity contribution in [1.82, 2.24) is 5.32 Å². The highest BCUT2D eigenvalue weighted by Crippen LogP contribution is 2.26. The fourth-order valence-corrected chi connectivity index (χ4v) is 1.81. The molecule has 0 atom stereocenters. The van der Waals surface area contributed by atoms with Gasteiger partial charge in [0.25, 0.3) is 5.91 Å². The monoisotopic (exact) mass is 302 g/mol. The Hall–Kier alpha value is -2.89. The predicted octanol–water partition coefficient (Wildman–Crippen LogP) is 2.71. The van der Waals surface area contributed by atoms with E-state index in [1.54, 1.807) is 24.3 Å². The molecule has 2 aromatic rings. The van der Waals surface area contributed by atoms with Gasteiger partial charge in [-0.1, -0.05) is 23.4 Å². The molecular weight excluding hydrogens is 287 g/mol. The molecule has 0 bridgehead atoms. The summed E-state index contributed by atoms with van der Waals surface area (Å²) in [5.74, 6) is -0.162. The highest BCUT2D eigenvalue weighted by molar-refractivity contribution is 6.45. The molecule has 0 saturated carbocycles. The van der Waals surface area contributed by atoms with Crippen LogP contribution in [0.1, 0.15) is 5.56 Å². The van der Waals surface area contributed by atoms with Crippen molar-refractivity contribution in [3.8, 4) is 11.5 Å². The molecule has 1 amide bonds. The van der Waals surface area contributed by atoms with Crippen molar-refractivity contribution in [2.45, 2.75) is 0 Å². The van der Waals surface area contributed by atoms with E-state index in [0.717, 1.165) is 0 Å². The number of carbonyl (C=O) groups excluding carboxylic acids is 1. The molecule has 0 heterocycles. The molecule has 0 spiro atoms. The molecule has 2 rings (SSSR count). The average molecular weight is 302 g/mol. The van der Waals surface area contributed by atoms with Gasteiger partial charge in [0.05, 0.1) is 5.56 Å². The maximum Gasteiger partial charge on any atom is 0.273 e. The summed E-state index contributed by atoms with van der Waals surface area (Å²) in [6, 6.07) is 12.8. The van der Waals surface area contributed by atoms with Crippen LogP contribution >= 0.6 is 0 Å². The highest BCUT2D eigenvalue weighted by atomic mass is 19.1. The predicted molar refractivity (Wildman–Crippen MR) is 80.5 cm³/mol. The molecule has 0 fully saturated rings. The number of oxime groups is 1.